The topological polar surface area (TPSA) is 78.9 Å². The molecule has 0 aliphatic heterocycles. The van der Waals surface area contributed by atoms with Crippen molar-refractivity contribution in [1.29, 1.82) is 0 Å². The zero-order valence-electron chi connectivity index (χ0n) is 49.0. The molecule has 72 heavy (non-hydrogen) atoms. The van der Waals surface area contributed by atoms with Crippen molar-refractivity contribution >= 4 is 17.9 Å². The zero-order chi connectivity index (χ0) is 52.2. The highest BCUT2D eigenvalue weighted by atomic mass is 16.6. The summed E-state index contributed by atoms with van der Waals surface area (Å²) in [4.78, 5) is 38.3. The largest absolute Gasteiger partial charge is 0.462 e. The number of hydrogen-bond donors (Lipinski definition) is 0. The summed E-state index contributed by atoms with van der Waals surface area (Å²) in [5, 5.41) is 0. The molecule has 0 aromatic heterocycles. The smallest absolute Gasteiger partial charge is 0.306 e. The highest BCUT2D eigenvalue weighted by molar-refractivity contribution is 5.71. The van der Waals surface area contributed by atoms with Gasteiger partial charge >= 0.3 is 17.9 Å². The molecular weight excluding hydrogens is 889 g/mol. The monoisotopic (exact) mass is 1010 g/mol. The van der Waals surface area contributed by atoms with E-state index in [-0.39, 0.29) is 31.1 Å². The van der Waals surface area contributed by atoms with Gasteiger partial charge in [0, 0.05) is 19.3 Å². The molecule has 0 rings (SSSR count). The van der Waals surface area contributed by atoms with Crippen molar-refractivity contribution in [3.8, 4) is 0 Å². The van der Waals surface area contributed by atoms with E-state index in [2.05, 4.69) is 32.9 Å². The van der Waals surface area contributed by atoms with Gasteiger partial charge in [-0.25, -0.2) is 0 Å². The Kier molecular flexibility index (Phi) is 60.1. The molecule has 0 amide bonds. The Morgan fingerprint density at radius 1 is 0.264 bits per heavy atom. The third-order valence-corrected chi connectivity index (χ3v) is 15.0. The molecule has 0 aromatic carbocycles. The van der Waals surface area contributed by atoms with Gasteiger partial charge in [-0.05, 0) is 44.9 Å². The summed E-state index contributed by atoms with van der Waals surface area (Å²) in [5.74, 6) is -0.842. The number of carbonyl (C=O) groups excluding carboxylic acids is 3. The molecule has 0 fully saturated rings. The van der Waals surface area contributed by atoms with Crippen LogP contribution in [-0.2, 0) is 28.6 Å². The van der Waals surface area contributed by atoms with Gasteiger partial charge in [0.2, 0.25) is 0 Å². The first kappa shape index (κ1) is 70.1. The normalized spacial score (nSPS) is 12.0. The van der Waals surface area contributed by atoms with Crippen LogP contribution in [0.2, 0.25) is 0 Å². The summed E-state index contributed by atoms with van der Waals surface area (Å²) >= 11 is 0. The van der Waals surface area contributed by atoms with Gasteiger partial charge in [0.05, 0.1) is 0 Å². The molecule has 0 N–H and O–H groups in total. The summed E-state index contributed by atoms with van der Waals surface area (Å²) in [5.41, 5.74) is 0. The van der Waals surface area contributed by atoms with Crippen LogP contribution < -0.4 is 0 Å². The first-order chi connectivity index (χ1) is 35.5. The third-order valence-electron chi connectivity index (χ3n) is 15.0. The van der Waals surface area contributed by atoms with Crippen LogP contribution >= 0.6 is 0 Å². The SMILES string of the molecule is CCCCCCCCC/C=C\CCCCCCCC(=O)OCC(COC(=O)CCCCCCCCCCCCCCCCCCCCC)OC(=O)CCCCCCCCCCCCCCCCCCCCC. The second-order valence-corrected chi connectivity index (χ2v) is 22.4. The molecule has 0 radical (unpaired) electrons. The van der Waals surface area contributed by atoms with Crippen molar-refractivity contribution in [2.24, 2.45) is 0 Å². The predicted octanol–water partition coefficient (Wildman–Crippen LogP) is 22.1. The molecule has 0 aromatic rings. The molecule has 6 nitrogen and oxygen atoms in total. The summed E-state index contributed by atoms with van der Waals surface area (Å²) in [6, 6.07) is 0. The fraction of sp³-hybridized carbons (Fsp3) is 0.924. The van der Waals surface area contributed by atoms with Crippen LogP contribution in [0.4, 0.5) is 0 Å². The highest BCUT2D eigenvalue weighted by Gasteiger charge is 2.19. The van der Waals surface area contributed by atoms with E-state index in [1.54, 1.807) is 0 Å². The molecule has 0 saturated carbocycles. The summed E-state index contributed by atoms with van der Waals surface area (Å²) in [6.45, 7) is 6.71. The molecule has 0 aliphatic carbocycles. The minimum Gasteiger partial charge on any atom is -0.462 e. The summed E-state index contributed by atoms with van der Waals surface area (Å²) in [6.07, 6.45) is 72.2. The van der Waals surface area contributed by atoms with E-state index in [9.17, 15) is 14.4 Å². The van der Waals surface area contributed by atoms with Crippen molar-refractivity contribution in [1.82, 2.24) is 0 Å². The Morgan fingerprint density at radius 2 is 0.458 bits per heavy atom. The molecule has 6 heteroatoms. The van der Waals surface area contributed by atoms with Crippen LogP contribution in [0.5, 0.6) is 0 Å². The molecule has 1 unspecified atom stereocenters. The van der Waals surface area contributed by atoms with Crippen LogP contribution in [0, 0.1) is 0 Å². The van der Waals surface area contributed by atoms with E-state index >= 15 is 0 Å². The Bertz CT molecular complexity index is 1120. The third kappa shape index (κ3) is 59.0. The maximum absolute atomic E-state index is 12.9. The Labute approximate surface area is 450 Å². The van der Waals surface area contributed by atoms with E-state index < -0.39 is 6.10 Å². The molecular formula is C66H126O6. The fourth-order valence-corrected chi connectivity index (χ4v) is 10.1. The van der Waals surface area contributed by atoms with Crippen molar-refractivity contribution < 1.29 is 28.6 Å². The number of rotatable bonds is 61. The average Bonchev–Trinajstić information content (AvgIpc) is 3.38. The Balaban J connectivity index is 4.30. The zero-order valence-corrected chi connectivity index (χ0v) is 49.0. The number of ether oxygens (including phenoxy) is 3. The van der Waals surface area contributed by atoms with Crippen molar-refractivity contribution in [2.75, 3.05) is 13.2 Å². The summed E-state index contributed by atoms with van der Waals surface area (Å²) < 4.78 is 17.0. The average molecular weight is 1020 g/mol. The van der Waals surface area contributed by atoms with Crippen LogP contribution in [0.15, 0.2) is 12.2 Å². The van der Waals surface area contributed by atoms with E-state index in [1.807, 2.05) is 0 Å². The van der Waals surface area contributed by atoms with Crippen molar-refractivity contribution in [2.45, 2.75) is 380 Å². The van der Waals surface area contributed by atoms with E-state index in [0.29, 0.717) is 19.3 Å². The maximum atomic E-state index is 12.9. The van der Waals surface area contributed by atoms with Gasteiger partial charge in [0.15, 0.2) is 6.10 Å². The quantitative estimate of drug-likeness (QED) is 0.0261. The van der Waals surface area contributed by atoms with E-state index in [4.69, 9.17) is 14.2 Å². The van der Waals surface area contributed by atoms with E-state index in [0.717, 1.165) is 64.2 Å². The Hall–Kier alpha value is -1.85. The van der Waals surface area contributed by atoms with Gasteiger partial charge in [0.25, 0.3) is 0 Å². The number of allylic oxidation sites excluding steroid dienone is 2. The lowest BCUT2D eigenvalue weighted by molar-refractivity contribution is -0.167. The minimum atomic E-state index is -0.769. The Morgan fingerprint density at radius 3 is 0.694 bits per heavy atom. The number of unbranched alkanes of at least 4 members (excludes halogenated alkanes) is 48. The second-order valence-electron chi connectivity index (χ2n) is 22.4. The first-order valence-corrected chi connectivity index (χ1v) is 32.7. The minimum absolute atomic E-state index is 0.0658. The number of esters is 3. The standard InChI is InChI=1S/C66H126O6/c1-4-7-10-13-16-19-22-25-28-31-33-35-38-41-44-47-50-53-56-59-65(68)71-62-63(61-70-64(67)58-55-52-49-46-43-40-37-30-27-24-21-18-15-12-9-6-3)72-66(69)60-57-54-51-48-45-42-39-36-34-32-29-26-23-20-17-14-11-8-5-2/h30,37,63H,4-29,31-36,38-62H2,1-3H3/b37-30-. The number of carbonyl (C=O) groups is 3. The number of hydrogen-bond acceptors (Lipinski definition) is 6. The van der Waals surface area contributed by atoms with Crippen LogP contribution in [0.3, 0.4) is 0 Å². The van der Waals surface area contributed by atoms with Gasteiger partial charge < -0.3 is 14.2 Å². The lowest BCUT2D eigenvalue weighted by Crippen LogP contribution is -2.30. The highest BCUT2D eigenvalue weighted by Crippen LogP contribution is 2.18. The molecule has 0 heterocycles. The second kappa shape index (κ2) is 61.7. The molecule has 1 atom stereocenters. The maximum Gasteiger partial charge on any atom is 0.306 e. The lowest BCUT2D eigenvalue weighted by Gasteiger charge is -2.18. The van der Waals surface area contributed by atoms with Crippen LogP contribution in [-0.4, -0.2) is 37.2 Å². The van der Waals surface area contributed by atoms with Crippen LogP contribution in [0.25, 0.3) is 0 Å². The van der Waals surface area contributed by atoms with Crippen LogP contribution in [0.1, 0.15) is 374 Å². The lowest BCUT2D eigenvalue weighted by atomic mass is 10.0. The molecule has 0 bridgehead atoms. The van der Waals surface area contributed by atoms with Gasteiger partial charge in [-0.1, -0.05) is 322 Å². The molecule has 0 aliphatic rings. The summed E-state index contributed by atoms with van der Waals surface area (Å²) in [7, 11) is 0. The molecule has 0 saturated heterocycles. The molecule has 426 valence electrons. The van der Waals surface area contributed by atoms with E-state index in [1.165, 1.54) is 270 Å². The van der Waals surface area contributed by atoms with Gasteiger partial charge in [0.1, 0.15) is 13.2 Å². The predicted molar refractivity (Wildman–Crippen MR) is 312 cm³/mol. The fourth-order valence-electron chi connectivity index (χ4n) is 10.1. The van der Waals surface area contributed by atoms with Crippen molar-refractivity contribution in [3.05, 3.63) is 12.2 Å². The van der Waals surface area contributed by atoms with Gasteiger partial charge in [-0.15, -0.1) is 0 Å². The van der Waals surface area contributed by atoms with Gasteiger partial charge in [-0.2, -0.15) is 0 Å². The molecule has 0 spiro atoms. The van der Waals surface area contributed by atoms with Gasteiger partial charge in [-0.3, -0.25) is 14.4 Å². The first-order valence-electron chi connectivity index (χ1n) is 32.7. The van der Waals surface area contributed by atoms with Crippen molar-refractivity contribution in [3.63, 3.8) is 0 Å².